The van der Waals surface area contributed by atoms with Crippen LogP contribution in [0, 0.1) is 12.3 Å². The average Bonchev–Trinajstić information content (AvgIpc) is 2.33. The Morgan fingerprint density at radius 1 is 1.21 bits per heavy atom. The smallest absolute Gasteiger partial charge is 0.326 e. The maximum absolute atomic E-state index is 11.4. The van der Waals surface area contributed by atoms with Gasteiger partial charge >= 0.3 is 18.0 Å². The molecule has 1 atom stereocenters. The first-order chi connectivity index (χ1) is 8.97. The standard InChI is InChI=1S/C12H18N2O5/c1-2-3-4-5-8-13-12(19)14-9(11(17)18)6-7-10(15)16/h1,9H,3-8H2,(H,15,16)(H,17,18)(H2,13,14,19). The van der Waals surface area contributed by atoms with Gasteiger partial charge in [-0.15, -0.1) is 12.3 Å². The molecule has 0 heterocycles. The summed E-state index contributed by atoms with van der Waals surface area (Å²) in [5.41, 5.74) is 0. The lowest BCUT2D eigenvalue weighted by molar-refractivity contribution is -0.140. The van der Waals surface area contributed by atoms with E-state index in [-0.39, 0.29) is 12.8 Å². The normalized spacial score (nSPS) is 11.1. The number of aliphatic carboxylic acids is 2. The van der Waals surface area contributed by atoms with E-state index in [1.807, 2.05) is 0 Å². The van der Waals surface area contributed by atoms with Crippen LogP contribution in [0.2, 0.25) is 0 Å². The van der Waals surface area contributed by atoms with E-state index in [9.17, 15) is 14.4 Å². The molecule has 2 amide bonds. The van der Waals surface area contributed by atoms with Gasteiger partial charge in [-0.1, -0.05) is 0 Å². The van der Waals surface area contributed by atoms with Gasteiger partial charge in [0, 0.05) is 19.4 Å². The van der Waals surface area contributed by atoms with Gasteiger partial charge < -0.3 is 20.8 Å². The predicted molar refractivity (Wildman–Crippen MR) is 67.5 cm³/mol. The van der Waals surface area contributed by atoms with Gasteiger partial charge in [0.2, 0.25) is 0 Å². The van der Waals surface area contributed by atoms with Crippen molar-refractivity contribution in [3.63, 3.8) is 0 Å². The number of urea groups is 1. The highest BCUT2D eigenvalue weighted by atomic mass is 16.4. The Morgan fingerprint density at radius 2 is 1.89 bits per heavy atom. The quantitative estimate of drug-likeness (QED) is 0.357. The number of unbranched alkanes of at least 4 members (excludes halogenated alkanes) is 2. The molecule has 0 fully saturated rings. The van der Waals surface area contributed by atoms with Crippen molar-refractivity contribution in [3.8, 4) is 12.3 Å². The number of carboxylic acid groups (broad SMARTS) is 2. The highest BCUT2D eigenvalue weighted by molar-refractivity contribution is 5.82. The first-order valence-corrected chi connectivity index (χ1v) is 5.89. The molecule has 7 heteroatoms. The van der Waals surface area contributed by atoms with Crippen molar-refractivity contribution in [2.24, 2.45) is 0 Å². The Morgan fingerprint density at radius 3 is 2.42 bits per heavy atom. The fourth-order valence-corrected chi connectivity index (χ4v) is 1.29. The Balaban J connectivity index is 3.94. The van der Waals surface area contributed by atoms with Crippen LogP contribution < -0.4 is 10.6 Å². The topological polar surface area (TPSA) is 116 Å². The van der Waals surface area contributed by atoms with Crippen molar-refractivity contribution in [1.82, 2.24) is 10.6 Å². The molecule has 0 aromatic heterocycles. The van der Waals surface area contributed by atoms with Gasteiger partial charge in [-0.25, -0.2) is 9.59 Å². The minimum absolute atomic E-state index is 0.158. The third-order valence-electron chi connectivity index (χ3n) is 2.28. The van der Waals surface area contributed by atoms with Crippen LogP contribution in [0.5, 0.6) is 0 Å². The summed E-state index contributed by atoms with van der Waals surface area (Å²) in [6.07, 6.45) is 6.69. The molecule has 19 heavy (non-hydrogen) atoms. The number of hydrogen-bond acceptors (Lipinski definition) is 3. The number of hydrogen-bond donors (Lipinski definition) is 4. The summed E-state index contributed by atoms with van der Waals surface area (Å²) in [5, 5.41) is 22.0. The van der Waals surface area contributed by atoms with E-state index in [1.165, 1.54) is 0 Å². The number of nitrogens with one attached hydrogen (secondary N) is 2. The minimum atomic E-state index is -1.26. The number of rotatable bonds is 9. The molecule has 0 aromatic rings. The van der Waals surface area contributed by atoms with Crippen LogP contribution in [0.3, 0.4) is 0 Å². The summed E-state index contributed by atoms with van der Waals surface area (Å²) >= 11 is 0. The van der Waals surface area contributed by atoms with Crippen LogP contribution in [0.15, 0.2) is 0 Å². The van der Waals surface area contributed by atoms with Gasteiger partial charge in [-0.3, -0.25) is 4.79 Å². The maximum Gasteiger partial charge on any atom is 0.326 e. The van der Waals surface area contributed by atoms with Crippen molar-refractivity contribution in [2.45, 2.75) is 38.1 Å². The monoisotopic (exact) mass is 270 g/mol. The lowest BCUT2D eigenvalue weighted by atomic mass is 10.1. The molecule has 0 aliphatic heterocycles. The molecule has 0 bridgehead atoms. The molecule has 1 unspecified atom stereocenters. The zero-order valence-corrected chi connectivity index (χ0v) is 10.5. The molecular weight excluding hydrogens is 252 g/mol. The SMILES string of the molecule is C#CCCCCNC(=O)NC(CCC(=O)O)C(=O)O. The second-order valence-corrected chi connectivity index (χ2v) is 3.88. The Kier molecular flexibility index (Phi) is 8.62. The van der Waals surface area contributed by atoms with Crippen LogP contribution in [0.25, 0.3) is 0 Å². The molecular formula is C12H18N2O5. The number of carboxylic acids is 2. The number of carbonyl (C=O) groups excluding carboxylic acids is 1. The van der Waals surface area contributed by atoms with Gasteiger partial charge in [0.05, 0.1) is 0 Å². The Hall–Kier alpha value is -2.23. The van der Waals surface area contributed by atoms with Crippen molar-refractivity contribution in [1.29, 1.82) is 0 Å². The third-order valence-corrected chi connectivity index (χ3v) is 2.28. The van der Waals surface area contributed by atoms with E-state index < -0.39 is 24.0 Å². The van der Waals surface area contributed by atoms with Gasteiger partial charge in [0.15, 0.2) is 0 Å². The van der Waals surface area contributed by atoms with Crippen LogP contribution in [0.1, 0.15) is 32.1 Å². The first-order valence-electron chi connectivity index (χ1n) is 5.89. The summed E-state index contributed by atoms with van der Waals surface area (Å²) in [4.78, 5) is 32.5. The first kappa shape index (κ1) is 16.8. The molecule has 0 spiro atoms. The van der Waals surface area contributed by atoms with E-state index in [2.05, 4.69) is 16.6 Å². The molecule has 0 radical (unpaired) electrons. The predicted octanol–water partition coefficient (Wildman–Crippen LogP) is 0.407. The second-order valence-electron chi connectivity index (χ2n) is 3.88. The van der Waals surface area contributed by atoms with E-state index in [0.717, 1.165) is 6.42 Å². The van der Waals surface area contributed by atoms with Gasteiger partial charge in [-0.05, 0) is 19.3 Å². The summed E-state index contributed by atoms with van der Waals surface area (Å²) in [5.74, 6) is 0.0996. The van der Waals surface area contributed by atoms with Crippen molar-refractivity contribution < 1.29 is 24.6 Å². The number of carbonyl (C=O) groups is 3. The van der Waals surface area contributed by atoms with Gasteiger partial charge in [-0.2, -0.15) is 0 Å². The fourth-order valence-electron chi connectivity index (χ4n) is 1.29. The van der Waals surface area contributed by atoms with Crippen molar-refractivity contribution >= 4 is 18.0 Å². The summed E-state index contributed by atoms with van der Waals surface area (Å²) < 4.78 is 0. The van der Waals surface area contributed by atoms with Crippen LogP contribution in [-0.4, -0.2) is 40.8 Å². The molecule has 0 aliphatic rings. The molecule has 0 saturated carbocycles. The van der Waals surface area contributed by atoms with Crippen LogP contribution >= 0.6 is 0 Å². The van der Waals surface area contributed by atoms with E-state index in [0.29, 0.717) is 19.4 Å². The van der Waals surface area contributed by atoms with E-state index in [1.54, 1.807) is 0 Å². The molecule has 7 nitrogen and oxygen atoms in total. The molecule has 0 rings (SSSR count). The fraction of sp³-hybridized carbons (Fsp3) is 0.583. The van der Waals surface area contributed by atoms with E-state index in [4.69, 9.17) is 16.6 Å². The molecule has 4 N–H and O–H groups in total. The largest absolute Gasteiger partial charge is 0.481 e. The summed E-state index contributed by atoms with van der Waals surface area (Å²) in [7, 11) is 0. The van der Waals surface area contributed by atoms with Crippen LogP contribution in [-0.2, 0) is 9.59 Å². The van der Waals surface area contributed by atoms with Crippen LogP contribution in [0.4, 0.5) is 4.79 Å². The second kappa shape index (κ2) is 9.76. The lowest BCUT2D eigenvalue weighted by Crippen LogP contribution is -2.46. The maximum atomic E-state index is 11.4. The highest BCUT2D eigenvalue weighted by Crippen LogP contribution is 1.98. The van der Waals surface area contributed by atoms with Gasteiger partial charge in [0.25, 0.3) is 0 Å². The third kappa shape index (κ3) is 9.47. The zero-order valence-electron chi connectivity index (χ0n) is 10.5. The Bertz CT molecular complexity index is 362. The Labute approximate surface area is 111 Å². The summed E-state index contributed by atoms with van der Waals surface area (Å²) in [6.45, 7) is 0.388. The zero-order chi connectivity index (χ0) is 14.7. The van der Waals surface area contributed by atoms with Crippen molar-refractivity contribution in [3.05, 3.63) is 0 Å². The molecule has 0 aliphatic carbocycles. The molecule has 0 saturated heterocycles. The summed E-state index contributed by atoms with van der Waals surface area (Å²) in [6, 6.07) is -1.83. The molecule has 0 aromatic carbocycles. The van der Waals surface area contributed by atoms with E-state index >= 15 is 0 Å². The minimum Gasteiger partial charge on any atom is -0.481 e. The average molecular weight is 270 g/mol. The number of terminal acetylenes is 1. The number of amides is 2. The highest BCUT2D eigenvalue weighted by Gasteiger charge is 2.20. The van der Waals surface area contributed by atoms with Gasteiger partial charge in [0.1, 0.15) is 6.04 Å². The molecule has 106 valence electrons. The van der Waals surface area contributed by atoms with Crippen molar-refractivity contribution in [2.75, 3.05) is 6.54 Å². The lowest BCUT2D eigenvalue weighted by Gasteiger charge is -2.14.